The molecule has 1 aromatic carbocycles. The van der Waals surface area contributed by atoms with Gasteiger partial charge in [0.2, 0.25) is 6.10 Å². The average Bonchev–Trinajstić information content (AvgIpc) is 2.48. The van der Waals surface area contributed by atoms with Crippen LogP contribution in [0.2, 0.25) is 0 Å². The molecule has 0 saturated heterocycles. The number of hydrogen-bond acceptors (Lipinski definition) is 3. The average molecular weight is 319 g/mol. The standard InChI is InChI=1S/C18H23O3S/c1-11-3-5-16(6-4-11)22(19,20)21-18-15-8-13-7-14(10-15)12(2)17(18)9-13/h3-6,12-15,18H,7-10H2,1-2H3/q+1/t12?,13-,14+,15-,18-/m0/s1. The first kappa shape index (κ1) is 14.6. The Bertz CT molecular complexity index is 664. The Morgan fingerprint density at radius 2 is 1.77 bits per heavy atom. The van der Waals surface area contributed by atoms with Gasteiger partial charge in [0.25, 0.3) is 0 Å². The number of aryl methyl sites for hydroxylation is 1. The van der Waals surface area contributed by atoms with Crippen molar-refractivity contribution in [3.05, 3.63) is 35.7 Å². The summed E-state index contributed by atoms with van der Waals surface area (Å²) in [6.45, 7) is 4.21. The Hall–Kier alpha value is -1.00. The van der Waals surface area contributed by atoms with Crippen molar-refractivity contribution in [1.82, 2.24) is 0 Å². The van der Waals surface area contributed by atoms with Crippen LogP contribution in [0.15, 0.2) is 29.2 Å². The molecule has 0 aliphatic heterocycles. The molecule has 5 atom stereocenters. The molecule has 1 unspecified atom stereocenters. The largest absolute Gasteiger partial charge is 0.300 e. The zero-order valence-electron chi connectivity index (χ0n) is 13.2. The van der Waals surface area contributed by atoms with Crippen molar-refractivity contribution in [2.45, 2.75) is 50.5 Å². The van der Waals surface area contributed by atoms with Gasteiger partial charge in [-0.1, -0.05) is 17.7 Å². The smallest absolute Gasteiger partial charge is 0.218 e. The van der Waals surface area contributed by atoms with Crippen molar-refractivity contribution < 1.29 is 12.6 Å². The molecular formula is C18H23O3S+. The van der Waals surface area contributed by atoms with Crippen LogP contribution in [-0.4, -0.2) is 14.5 Å². The third-order valence-corrected chi connectivity index (χ3v) is 7.34. The molecule has 0 spiro atoms. The van der Waals surface area contributed by atoms with Crippen molar-refractivity contribution >= 4 is 10.1 Å². The molecule has 0 aromatic heterocycles. The van der Waals surface area contributed by atoms with Gasteiger partial charge in [-0.05, 0) is 45.2 Å². The molecule has 0 N–H and O–H groups in total. The van der Waals surface area contributed by atoms with Gasteiger partial charge in [0.1, 0.15) is 11.8 Å². The fraction of sp³-hybridized carbons (Fsp3) is 0.611. The summed E-state index contributed by atoms with van der Waals surface area (Å²) in [5, 5.41) is 0. The Labute approximate surface area is 133 Å². The van der Waals surface area contributed by atoms with Gasteiger partial charge in [-0.3, -0.25) is 0 Å². The molecule has 4 aliphatic carbocycles. The van der Waals surface area contributed by atoms with E-state index in [0.717, 1.165) is 36.7 Å². The maximum atomic E-state index is 12.6. The van der Waals surface area contributed by atoms with Gasteiger partial charge in [-0.25, -0.2) is 4.18 Å². The summed E-state index contributed by atoms with van der Waals surface area (Å²) < 4.78 is 31.0. The van der Waals surface area contributed by atoms with Crippen LogP contribution < -0.4 is 0 Å². The Balaban J connectivity index is 1.59. The van der Waals surface area contributed by atoms with Crippen molar-refractivity contribution in [3.63, 3.8) is 0 Å². The molecule has 0 radical (unpaired) electrons. The molecule has 0 amide bonds. The Morgan fingerprint density at radius 1 is 1.09 bits per heavy atom. The molecule has 4 bridgehead atoms. The van der Waals surface area contributed by atoms with Gasteiger partial charge in [0.05, 0.1) is 11.3 Å². The van der Waals surface area contributed by atoms with Crippen LogP contribution in [-0.2, 0) is 14.3 Å². The quantitative estimate of drug-likeness (QED) is 0.630. The molecule has 4 aliphatic rings. The fourth-order valence-electron chi connectivity index (χ4n) is 4.89. The van der Waals surface area contributed by atoms with Crippen LogP contribution in [0.5, 0.6) is 0 Å². The number of benzene rings is 1. The minimum Gasteiger partial charge on any atom is -0.218 e. The highest BCUT2D eigenvalue weighted by Gasteiger charge is 2.61. The lowest BCUT2D eigenvalue weighted by molar-refractivity contribution is -0.0335. The Morgan fingerprint density at radius 3 is 2.50 bits per heavy atom. The highest BCUT2D eigenvalue weighted by Crippen LogP contribution is 2.58. The maximum absolute atomic E-state index is 12.6. The molecule has 1 aromatic rings. The second-order valence-electron chi connectivity index (χ2n) is 7.45. The van der Waals surface area contributed by atoms with E-state index in [9.17, 15) is 8.42 Å². The normalized spacial score (nSPS) is 36.8. The summed E-state index contributed by atoms with van der Waals surface area (Å²) in [4.78, 5) is 0.278. The predicted octanol–water partition coefficient (Wildman–Crippen LogP) is 3.73. The fourth-order valence-corrected chi connectivity index (χ4v) is 6.03. The lowest BCUT2D eigenvalue weighted by Crippen LogP contribution is -2.52. The van der Waals surface area contributed by atoms with E-state index in [2.05, 4.69) is 6.92 Å². The molecule has 5 rings (SSSR count). The van der Waals surface area contributed by atoms with Crippen LogP contribution in [0, 0.1) is 36.5 Å². The molecule has 4 fully saturated rings. The highest BCUT2D eigenvalue weighted by atomic mass is 32.2. The van der Waals surface area contributed by atoms with Gasteiger partial charge < -0.3 is 0 Å². The van der Waals surface area contributed by atoms with Gasteiger partial charge in [-0.15, -0.1) is 0 Å². The molecular weight excluding hydrogens is 296 g/mol. The third-order valence-electron chi connectivity index (χ3n) is 6.03. The van der Waals surface area contributed by atoms with Crippen LogP contribution in [0.1, 0.15) is 38.2 Å². The second kappa shape index (κ2) is 5.00. The first-order valence-corrected chi connectivity index (χ1v) is 9.70. The zero-order valence-corrected chi connectivity index (χ0v) is 14.0. The lowest BCUT2D eigenvalue weighted by atomic mass is 9.51. The van der Waals surface area contributed by atoms with E-state index in [1.165, 1.54) is 12.3 Å². The topological polar surface area (TPSA) is 43.4 Å². The molecule has 0 heterocycles. The Kier molecular flexibility index (Phi) is 3.31. The molecule has 4 heteroatoms. The third kappa shape index (κ3) is 2.28. The molecule has 3 nitrogen and oxygen atoms in total. The minimum absolute atomic E-state index is 0.186. The van der Waals surface area contributed by atoms with Crippen molar-refractivity contribution in [1.29, 1.82) is 0 Å². The van der Waals surface area contributed by atoms with E-state index in [1.807, 2.05) is 19.1 Å². The van der Waals surface area contributed by atoms with Crippen molar-refractivity contribution in [2.24, 2.45) is 23.7 Å². The summed E-state index contributed by atoms with van der Waals surface area (Å²) in [6, 6.07) is 6.94. The van der Waals surface area contributed by atoms with Gasteiger partial charge in [0.15, 0.2) is 0 Å². The van der Waals surface area contributed by atoms with E-state index in [0.29, 0.717) is 11.8 Å². The van der Waals surface area contributed by atoms with Crippen molar-refractivity contribution in [3.8, 4) is 0 Å². The minimum atomic E-state index is -3.67. The summed E-state index contributed by atoms with van der Waals surface area (Å²) in [5.41, 5.74) is 1.05. The van der Waals surface area contributed by atoms with Crippen LogP contribution in [0.3, 0.4) is 0 Å². The van der Waals surface area contributed by atoms with E-state index in [4.69, 9.17) is 4.18 Å². The van der Waals surface area contributed by atoms with Gasteiger partial charge in [0, 0.05) is 17.8 Å². The molecule has 118 valence electrons. The lowest BCUT2D eigenvalue weighted by Gasteiger charge is -2.49. The predicted molar refractivity (Wildman–Crippen MR) is 84.6 cm³/mol. The molecule has 22 heavy (non-hydrogen) atoms. The second-order valence-corrected chi connectivity index (χ2v) is 9.02. The number of rotatable bonds is 3. The van der Waals surface area contributed by atoms with E-state index in [1.54, 1.807) is 12.1 Å². The first-order valence-electron chi connectivity index (χ1n) is 8.29. The van der Waals surface area contributed by atoms with Crippen LogP contribution in [0.25, 0.3) is 0 Å². The maximum Gasteiger partial charge on any atom is 0.300 e. The van der Waals surface area contributed by atoms with E-state index >= 15 is 0 Å². The summed E-state index contributed by atoms with van der Waals surface area (Å²) in [6.07, 6.45) is 4.49. The van der Waals surface area contributed by atoms with Gasteiger partial charge >= 0.3 is 10.1 Å². The molecule has 4 saturated carbocycles. The van der Waals surface area contributed by atoms with Crippen LogP contribution >= 0.6 is 0 Å². The SMILES string of the molecule is Cc1ccc(S(=O)(=O)O[C@@H]2[C+]3C[C@H]4C[C@H](C[C@@H]2C4)C3C)cc1. The van der Waals surface area contributed by atoms with E-state index in [-0.39, 0.29) is 11.0 Å². The van der Waals surface area contributed by atoms with E-state index < -0.39 is 10.1 Å². The highest BCUT2D eigenvalue weighted by molar-refractivity contribution is 7.86. The summed E-state index contributed by atoms with van der Waals surface area (Å²) >= 11 is 0. The van der Waals surface area contributed by atoms with Crippen LogP contribution in [0.4, 0.5) is 0 Å². The monoisotopic (exact) mass is 319 g/mol. The summed E-state index contributed by atoms with van der Waals surface area (Å²) in [5.74, 6) is 3.82. The summed E-state index contributed by atoms with van der Waals surface area (Å²) in [7, 11) is -3.67. The van der Waals surface area contributed by atoms with Crippen molar-refractivity contribution in [2.75, 3.05) is 0 Å². The van der Waals surface area contributed by atoms with Gasteiger partial charge in [-0.2, -0.15) is 8.42 Å². The number of hydrogen-bond donors (Lipinski definition) is 0. The zero-order chi connectivity index (χ0) is 15.5. The first-order chi connectivity index (χ1) is 10.4.